The molecule has 0 fully saturated rings. The summed E-state index contributed by atoms with van der Waals surface area (Å²) < 4.78 is 39.2. The third kappa shape index (κ3) is 5.58. The van der Waals surface area contributed by atoms with E-state index < -0.39 is 22.0 Å². The molecule has 0 spiro atoms. The summed E-state index contributed by atoms with van der Waals surface area (Å²) in [6, 6.07) is 15.9. The average molecular weight is 489 g/mol. The molecule has 1 atom stereocenters. The second-order valence-corrected chi connectivity index (χ2v) is 9.43. The molecule has 1 amide bonds. The maximum atomic E-state index is 13.0. The van der Waals surface area contributed by atoms with E-state index in [0.717, 1.165) is 5.56 Å². The minimum atomic E-state index is -4.02. The van der Waals surface area contributed by atoms with Crippen molar-refractivity contribution in [1.82, 2.24) is 5.32 Å². The summed E-state index contributed by atoms with van der Waals surface area (Å²) in [7, 11) is -0.931. The Bertz CT molecular complexity index is 1280. The van der Waals surface area contributed by atoms with E-state index in [9.17, 15) is 13.2 Å². The Labute approximate surface area is 198 Å². The fraction of sp³-hybridized carbons (Fsp3) is 0.208. The van der Waals surface area contributed by atoms with E-state index in [2.05, 4.69) is 10.0 Å². The number of hydrogen-bond donors (Lipinski definition) is 2. The molecule has 0 aromatic heterocycles. The SMILES string of the molecule is COc1ccc(OC)c([C@H](C)NC(=O)c2ccc(Cl)c(S(=O)(=O)Nc3ccccc3C)c2)c1. The molecular formula is C24H25ClN2O5S. The fourth-order valence-electron chi connectivity index (χ4n) is 3.27. The van der Waals surface area contributed by atoms with Crippen LogP contribution in [0.3, 0.4) is 0 Å². The van der Waals surface area contributed by atoms with Gasteiger partial charge in [-0.25, -0.2) is 8.42 Å². The number of hydrogen-bond acceptors (Lipinski definition) is 5. The van der Waals surface area contributed by atoms with Gasteiger partial charge in [0.15, 0.2) is 0 Å². The number of benzene rings is 3. The number of sulfonamides is 1. The molecule has 0 saturated heterocycles. The van der Waals surface area contributed by atoms with Crippen LogP contribution in [0.2, 0.25) is 5.02 Å². The van der Waals surface area contributed by atoms with Crippen molar-refractivity contribution in [3.8, 4) is 11.5 Å². The van der Waals surface area contributed by atoms with Crippen LogP contribution in [-0.2, 0) is 10.0 Å². The van der Waals surface area contributed by atoms with Gasteiger partial charge in [-0.3, -0.25) is 9.52 Å². The Kier molecular flexibility index (Phi) is 7.50. The third-order valence-corrected chi connectivity index (χ3v) is 6.97. The number of nitrogens with one attached hydrogen (secondary N) is 2. The molecule has 33 heavy (non-hydrogen) atoms. The van der Waals surface area contributed by atoms with Crippen molar-refractivity contribution >= 4 is 33.2 Å². The maximum absolute atomic E-state index is 13.0. The third-order valence-electron chi connectivity index (χ3n) is 5.12. The van der Waals surface area contributed by atoms with Crippen LogP contribution in [0.5, 0.6) is 11.5 Å². The van der Waals surface area contributed by atoms with E-state index in [-0.39, 0.29) is 15.5 Å². The van der Waals surface area contributed by atoms with Gasteiger partial charge >= 0.3 is 0 Å². The fourth-order valence-corrected chi connectivity index (χ4v) is 4.93. The van der Waals surface area contributed by atoms with Crippen molar-refractivity contribution in [3.05, 3.63) is 82.4 Å². The van der Waals surface area contributed by atoms with Crippen molar-refractivity contribution in [3.63, 3.8) is 0 Å². The van der Waals surface area contributed by atoms with E-state index in [1.54, 1.807) is 57.4 Å². The summed E-state index contributed by atoms with van der Waals surface area (Å²) in [6.07, 6.45) is 0. The molecule has 0 saturated carbocycles. The molecule has 3 aromatic carbocycles. The van der Waals surface area contributed by atoms with Crippen LogP contribution in [0.1, 0.15) is 34.5 Å². The second kappa shape index (κ2) is 10.1. The molecule has 0 bridgehead atoms. The minimum absolute atomic E-state index is 0.00940. The van der Waals surface area contributed by atoms with Gasteiger partial charge < -0.3 is 14.8 Å². The minimum Gasteiger partial charge on any atom is -0.497 e. The van der Waals surface area contributed by atoms with Gasteiger partial charge in [-0.15, -0.1) is 0 Å². The van der Waals surface area contributed by atoms with E-state index in [1.165, 1.54) is 25.3 Å². The quantitative estimate of drug-likeness (QED) is 0.467. The molecule has 2 N–H and O–H groups in total. The van der Waals surface area contributed by atoms with E-state index >= 15 is 0 Å². The number of methoxy groups -OCH3 is 2. The van der Waals surface area contributed by atoms with Crippen LogP contribution >= 0.6 is 11.6 Å². The molecule has 3 rings (SSSR count). The van der Waals surface area contributed by atoms with E-state index in [4.69, 9.17) is 21.1 Å². The Morgan fingerprint density at radius 3 is 2.39 bits per heavy atom. The highest BCUT2D eigenvalue weighted by Crippen LogP contribution is 2.30. The molecule has 0 radical (unpaired) electrons. The molecule has 0 aliphatic heterocycles. The van der Waals surface area contributed by atoms with Crippen LogP contribution in [0.4, 0.5) is 5.69 Å². The lowest BCUT2D eigenvalue weighted by atomic mass is 10.1. The molecule has 7 nitrogen and oxygen atoms in total. The summed E-state index contributed by atoms with van der Waals surface area (Å²) in [4.78, 5) is 12.8. The lowest BCUT2D eigenvalue weighted by molar-refractivity contribution is 0.0939. The number of halogens is 1. The number of carbonyl (C=O) groups excluding carboxylic acids is 1. The second-order valence-electron chi connectivity index (χ2n) is 7.37. The van der Waals surface area contributed by atoms with Crippen LogP contribution in [0.15, 0.2) is 65.6 Å². The van der Waals surface area contributed by atoms with Crippen molar-refractivity contribution in [2.24, 2.45) is 0 Å². The highest BCUT2D eigenvalue weighted by atomic mass is 35.5. The zero-order valence-electron chi connectivity index (χ0n) is 18.7. The summed E-state index contributed by atoms with van der Waals surface area (Å²) in [5.41, 5.74) is 2.06. The number of rotatable bonds is 8. The predicted octanol–water partition coefficient (Wildman–Crippen LogP) is 4.96. The van der Waals surface area contributed by atoms with E-state index in [1.807, 2.05) is 6.07 Å². The monoisotopic (exact) mass is 488 g/mol. The highest BCUT2D eigenvalue weighted by molar-refractivity contribution is 7.92. The zero-order valence-corrected chi connectivity index (χ0v) is 20.3. The topological polar surface area (TPSA) is 93.7 Å². The Hall–Kier alpha value is -3.23. The van der Waals surface area contributed by atoms with Crippen molar-refractivity contribution < 1.29 is 22.7 Å². The van der Waals surface area contributed by atoms with Crippen LogP contribution in [0, 0.1) is 6.92 Å². The number of ether oxygens (including phenoxy) is 2. The van der Waals surface area contributed by atoms with Gasteiger partial charge in [0.2, 0.25) is 0 Å². The standard InChI is InChI=1S/C24H25ClN2O5S/c1-15-7-5-6-8-21(15)27-33(29,30)23-13-17(9-11-20(23)25)24(28)26-16(2)19-14-18(31-3)10-12-22(19)32-4/h5-14,16,27H,1-4H3,(H,26,28)/t16-/m0/s1. The molecule has 0 aliphatic rings. The number of aryl methyl sites for hydroxylation is 1. The van der Waals surface area contributed by atoms with Gasteiger partial charge in [-0.05, 0) is 61.9 Å². The number of anilines is 1. The van der Waals surface area contributed by atoms with Gasteiger partial charge in [0, 0.05) is 11.1 Å². The Morgan fingerprint density at radius 2 is 1.73 bits per heavy atom. The first-order valence-electron chi connectivity index (χ1n) is 10.1. The Morgan fingerprint density at radius 1 is 1.00 bits per heavy atom. The first-order valence-corrected chi connectivity index (χ1v) is 11.9. The van der Waals surface area contributed by atoms with Crippen molar-refractivity contribution in [2.45, 2.75) is 24.8 Å². The lowest BCUT2D eigenvalue weighted by Gasteiger charge is -2.19. The van der Waals surface area contributed by atoms with Gasteiger partial charge in [-0.1, -0.05) is 29.8 Å². The predicted molar refractivity (Wildman–Crippen MR) is 129 cm³/mol. The van der Waals surface area contributed by atoms with Crippen molar-refractivity contribution in [1.29, 1.82) is 0 Å². The molecule has 0 heterocycles. The summed E-state index contributed by atoms with van der Waals surface area (Å²) in [5.74, 6) is 0.746. The van der Waals surface area contributed by atoms with Crippen LogP contribution in [0.25, 0.3) is 0 Å². The smallest absolute Gasteiger partial charge is 0.263 e. The molecule has 174 valence electrons. The number of para-hydroxylation sites is 1. The van der Waals surface area contributed by atoms with E-state index in [0.29, 0.717) is 22.7 Å². The molecule has 3 aromatic rings. The average Bonchev–Trinajstić information content (AvgIpc) is 2.80. The summed E-state index contributed by atoms with van der Waals surface area (Å²) in [5, 5.41) is 2.87. The van der Waals surface area contributed by atoms with Gasteiger partial charge in [0.25, 0.3) is 15.9 Å². The summed E-state index contributed by atoms with van der Waals surface area (Å²) in [6.45, 7) is 3.58. The largest absolute Gasteiger partial charge is 0.497 e. The molecule has 0 aliphatic carbocycles. The van der Waals surface area contributed by atoms with Gasteiger partial charge in [0.05, 0.1) is 31.0 Å². The van der Waals surface area contributed by atoms with Gasteiger partial charge in [0.1, 0.15) is 16.4 Å². The number of amides is 1. The van der Waals surface area contributed by atoms with Crippen molar-refractivity contribution in [2.75, 3.05) is 18.9 Å². The van der Waals surface area contributed by atoms with Crippen LogP contribution < -0.4 is 19.5 Å². The maximum Gasteiger partial charge on any atom is 0.263 e. The highest BCUT2D eigenvalue weighted by Gasteiger charge is 2.22. The normalized spacial score (nSPS) is 12.0. The first kappa shape index (κ1) is 24.4. The molecule has 0 unspecified atom stereocenters. The Balaban J connectivity index is 1.87. The number of carbonyl (C=O) groups is 1. The first-order chi connectivity index (χ1) is 15.7. The van der Waals surface area contributed by atoms with Gasteiger partial charge in [-0.2, -0.15) is 0 Å². The lowest BCUT2D eigenvalue weighted by Crippen LogP contribution is -2.27. The summed E-state index contributed by atoms with van der Waals surface area (Å²) >= 11 is 6.18. The van der Waals surface area contributed by atoms with Crippen LogP contribution in [-0.4, -0.2) is 28.5 Å². The zero-order chi connectivity index (χ0) is 24.2. The molecule has 9 heteroatoms. The molecular weight excluding hydrogens is 464 g/mol.